The quantitative estimate of drug-likeness (QED) is 0.544. The van der Waals surface area contributed by atoms with E-state index in [4.69, 9.17) is 16.3 Å². The third-order valence-corrected chi connectivity index (χ3v) is 7.32. The molecule has 0 radical (unpaired) electrons. The van der Waals surface area contributed by atoms with E-state index >= 15 is 0 Å². The van der Waals surface area contributed by atoms with Crippen LogP contribution < -0.4 is 0 Å². The summed E-state index contributed by atoms with van der Waals surface area (Å²) in [5.74, 6) is -0.881. The predicted molar refractivity (Wildman–Crippen MR) is 135 cm³/mol. The molecule has 2 saturated heterocycles. The van der Waals surface area contributed by atoms with E-state index in [1.807, 2.05) is 24.0 Å². The third-order valence-electron chi connectivity index (χ3n) is 7.06. The van der Waals surface area contributed by atoms with Crippen molar-refractivity contribution in [2.45, 2.75) is 45.6 Å². The number of nitrogens with zero attached hydrogens (tertiary/aromatic N) is 2. The van der Waals surface area contributed by atoms with Crippen LogP contribution in [-0.4, -0.2) is 53.8 Å². The van der Waals surface area contributed by atoms with Gasteiger partial charge < -0.3 is 14.5 Å². The maximum absolute atomic E-state index is 13.6. The van der Waals surface area contributed by atoms with Gasteiger partial charge in [0.2, 0.25) is 5.91 Å². The number of piperidine rings is 2. The molecule has 186 valence electrons. The smallest absolute Gasteiger partial charge is 0.310 e. The molecule has 0 unspecified atom stereocenters. The molecule has 6 nitrogen and oxygen atoms in total. The van der Waals surface area contributed by atoms with Crippen molar-refractivity contribution in [3.63, 3.8) is 0 Å². The first kappa shape index (κ1) is 25.2. The van der Waals surface area contributed by atoms with Crippen molar-refractivity contribution in [3.05, 3.63) is 70.2 Å². The summed E-state index contributed by atoms with van der Waals surface area (Å²) in [6.45, 7) is 5.55. The zero-order chi connectivity index (χ0) is 24.9. The Morgan fingerprint density at radius 1 is 1.00 bits per heavy atom. The van der Waals surface area contributed by atoms with Crippen molar-refractivity contribution in [2.24, 2.45) is 11.8 Å². The second-order valence-electron chi connectivity index (χ2n) is 9.54. The molecule has 35 heavy (non-hydrogen) atoms. The molecule has 2 amide bonds. The molecule has 3 atom stereocenters. The summed E-state index contributed by atoms with van der Waals surface area (Å²) < 4.78 is 5.19. The molecule has 0 spiro atoms. The van der Waals surface area contributed by atoms with Gasteiger partial charge in [-0.25, -0.2) is 0 Å². The van der Waals surface area contributed by atoms with Crippen molar-refractivity contribution >= 4 is 29.4 Å². The maximum atomic E-state index is 13.6. The van der Waals surface area contributed by atoms with E-state index in [0.717, 1.165) is 24.0 Å². The van der Waals surface area contributed by atoms with Gasteiger partial charge in [-0.05, 0) is 69.4 Å². The first-order valence-corrected chi connectivity index (χ1v) is 12.8. The number of aryl methyl sites for hydroxylation is 1. The van der Waals surface area contributed by atoms with Gasteiger partial charge in [0.15, 0.2) is 0 Å². The molecule has 2 fully saturated rings. The standard InChI is InChI=1S/C28H33ClN2O4/c1-3-35-28(34)23-8-5-15-30(17-23)26(32)22-11-14-25(21-7-4-6-19(2)16-21)31(18-22)27(33)20-9-12-24(29)13-10-20/h4,6-7,9-10,12-13,16,22-23,25H,3,5,8,11,14-15,17-18H2,1-2H3/t22-,23-,25-/m1/s1. The normalized spacial score (nSPS) is 22.5. The lowest BCUT2D eigenvalue weighted by Gasteiger charge is -2.42. The Balaban J connectivity index is 1.55. The Morgan fingerprint density at radius 3 is 2.49 bits per heavy atom. The van der Waals surface area contributed by atoms with Gasteiger partial charge in [0.25, 0.3) is 5.91 Å². The lowest BCUT2D eigenvalue weighted by Crippen LogP contribution is -2.50. The van der Waals surface area contributed by atoms with Crippen molar-refractivity contribution in [2.75, 3.05) is 26.2 Å². The average molecular weight is 497 g/mol. The molecule has 0 bridgehead atoms. The summed E-state index contributed by atoms with van der Waals surface area (Å²) in [4.78, 5) is 43.1. The van der Waals surface area contributed by atoms with E-state index in [1.54, 1.807) is 36.1 Å². The van der Waals surface area contributed by atoms with Gasteiger partial charge in [0.05, 0.1) is 24.5 Å². The average Bonchev–Trinajstić information content (AvgIpc) is 2.88. The SMILES string of the molecule is CCOC(=O)[C@@H]1CCCN(C(=O)[C@@H]2CC[C@H](c3cccc(C)c3)N(C(=O)c3ccc(Cl)cc3)C2)C1. The molecule has 2 aliphatic heterocycles. The lowest BCUT2D eigenvalue weighted by molar-refractivity contribution is -0.152. The number of rotatable bonds is 5. The van der Waals surface area contributed by atoms with Crippen LogP contribution in [0.3, 0.4) is 0 Å². The first-order valence-electron chi connectivity index (χ1n) is 12.5. The van der Waals surface area contributed by atoms with E-state index in [-0.39, 0.29) is 35.7 Å². The maximum Gasteiger partial charge on any atom is 0.310 e. The highest BCUT2D eigenvalue weighted by Crippen LogP contribution is 2.36. The molecule has 2 aromatic carbocycles. The Morgan fingerprint density at radius 2 is 1.77 bits per heavy atom. The minimum absolute atomic E-state index is 0.0237. The fourth-order valence-corrected chi connectivity index (χ4v) is 5.39. The molecule has 2 aliphatic rings. The van der Waals surface area contributed by atoms with Crippen LogP contribution in [0.2, 0.25) is 5.02 Å². The van der Waals surface area contributed by atoms with Crippen LogP contribution in [0.4, 0.5) is 0 Å². The van der Waals surface area contributed by atoms with Gasteiger partial charge in [-0.3, -0.25) is 14.4 Å². The van der Waals surface area contributed by atoms with E-state index < -0.39 is 0 Å². The Hall–Kier alpha value is -2.86. The first-order chi connectivity index (χ1) is 16.9. The van der Waals surface area contributed by atoms with Gasteiger partial charge in [0.1, 0.15) is 0 Å². The molecule has 7 heteroatoms. The number of likely N-dealkylation sites (tertiary alicyclic amines) is 2. The Bertz CT molecular complexity index is 1070. The monoisotopic (exact) mass is 496 g/mol. The number of hydrogen-bond acceptors (Lipinski definition) is 4. The largest absolute Gasteiger partial charge is 0.466 e. The minimum atomic E-state index is -0.298. The van der Waals surface area contributed by atoms with Crippen molar-refractivity contribution in [1.82, 2.24) is 9.80 Å². The number of hydrogen-bond donors (Lipinski definition) is 0. The third kappa shape index (κ3) is 5.87. The van der Waals surface area contributed by atoms with Crippen molar-refractivity contribution in [3.8, 4) is 0 Å². The van der Waals surface area contributed by atoms with Gasteiger partial charge >= 0.3 is 5.97 Å². The van der Waals surface area contributed by atoms with E-state index in [2.05, 4.69) is 12.1 Å². The highest BCUT2D eigenvalue weighted by molar-refractivity contribution is 6.30. The zero-order valence-electron chi connectivity index (χ0n) is 20.4. The summed E-state index contributed by atoms with van der Waals surface area (Å²) in [6, 6.07) is 15.0. The topological polar surface area (TPSA) is 66.9 Å². The van der Waals surface area contributed by atoms with Crippen LogP contribution in [0.25, 0.3) is 0 Å². The highest BCUT2D eigenvalue weighted by Gasteiger charge is 2.39. The Labute approximate surface area is 212 Å². The number of esters is 1. The highest BCUT2D eigenvalue weighted by atomic mass is 35.5. The van der Waals surface area contributed by atoms with Crippen molar-refractivity contribution < 1.29 is 19.1 Å². The van der Waals surface area contributed by atoms with Crippen LogP contribution >= 0.6 is 11.6 Å². The number of halogens is 1. The second-order valence-corrected chi connectivity index (χ2v) is 9.98. The zero-order valence-corrected chi connectivity index (χ0v) is 21.2. The number of benzene rings is 2. The van der Waals surface area contributed by atoms with Crippen LogP contribution in [0.15, 0.2) is 48.5 Å². The predicted octanol–water partition coefficient (Wildman–Crippen LogP) is 5.04. The van der Waals surface area contributed by atoms with Gasteiger partial charge in [0, 0.05) is 30.2 Å². The fraction of sp³-hybridized carbons (Fsp3) is 0.464. The molecule has 0 aliphatic carbocycles. The number of ether oxygens (including phenoxy) is 1. The van der Waals surface area contributed by atoms with Gasteiger partial charge in [-0.15, -0.1) is 0 Å². The van der Waals surface area contributed by atoms with Gasteiger partial charge in [-0.2, -0.15) is 0 Å². The summed E-state index contributed by atoms with van der Waals surface area (Å²) in [5, 5.41) is 0.574. The summed E-state index contributed by atoms with van der Waals surface area (Å²) in [5.41, 5.74) is 2.77. The molecular weight excluding hydrogens is 464 g/mol. The summed E-state index contributed by atoms with van der Waals surface area (Å²) >= 11 is 6.04. The van der Waals surface area contributed by atoms with Crippen molar-refractivity contribution in [1.29, 1.82) is 0 Å². The molecule has 0 saturated carbocycles. The molecule has 0 N–H and O–H groups in total. The fourth-order valence-electron chi connectivity index (χ4n) is 5.27. The molecule has 0 aromatic heterocycles. The molecular formula is C28H33ClN2O4. The van der Waals surface area contributed by atoms with Crippen LogP contribution in [0, 0.1) is 18.8 Å². The second kappa shape index (κ2) is 11.3. The summed E-state index contributed by atoms with van der Waals surface area (Å²) in [7, 11) is 0. The van der Waals surface area contributed by atoms with Crippen LogP contribution in [-0.2, 0) is 14.3 Å². The van der Waals surface area contributed by atoms with E-state index in [1.165, 1.54) is 0 Å². The molecule has 4 rings (SSSR count). The number of amides is 2. The van der Waals surface area contributed by atoms with Crippen LogP contribution in [0.1, 0.15) is 60.1 Å². The number of carbonyl (C=O) groups is 3. The van der Waals surface area contributed by atoms with Gasteiger partial charge in [-0.1, -0.05) is 41.4 Å². The summed E-state index contributed by atoms with van der Waals surface area (Å²) in [6.07, 6.45) is 2.92. The van der Waals surface area contributed by atoms with E-state index in [9.17, 15) is 14.4 Å². The number of carbonyl (C=O) groups excluding carboxylic acids is 3. The Kier molecular flexibility index (Phi) is 8.11. The molecule has 2 heterocycles. The van der Waals surface area contributed by atoms with E-state index in [0.29, 0.717) is 49.7 Å². The van der Waals surface area contributed by atoms with Crippen LogP contribution in [0.5, 0.6) is 0 Å². The minimum Gasteiger partial charge on any atom is -0.466 e. The molecule has 2 aromatic rings. The lowest BCUT2D eigenvalue weighted by atomic mass is 9.86.